The Morgan fingerprint density at radius 3 is 2.78 bits per heavy atom. The highest BCUT2D eigenvalue weighted by Crippen LogP contribution is 2.33. The number of rotatable bonds is 4. The Morgan fingerprint density at radius 2 is 2.17 bits per heavy atom. The lowest BCUT2D eigenvalue weighted by Gasteiger charge is -2.01. The second-order valence-corrected chi connectivity index (χ2v) is 8.66. The molecule has 2 aliphatic rings. The summed E-state index contributed by atoms with van der Waals surface area (Å²) in [6.07, 6.45) is 3.31. The van der Waals surface area contributed by atoms with Crippen molar-refractivity contribution in [3.8, 4) is 0 Å². The van der Waals surface area contributed by atoms with Gasteiger partial charge in [-0.3, -0.25) is 0 Å². The lowest BCUT2D eigenvalue weighted by atomic mass is 10.1. The minimum absolute atomic E-state index is 0.133. The zero-order valence-corrected chi connectivity index (χ0v) is 12.1. The molecule has 2 heterocycles. The number of thiazole rings is 1. The van der Waals surface area contributed by atoms with Crippen LogP contribution in [0.2, 0.25) is 0 Å². The van der Waals surface area contributed by atoms with Gasteiger partial charge in [0.15, 0.2) is 9.84 Å². The van der Waals surface area contributed by atoms with E-state index < -0.39 is 9.84 Å². The minimum atomic E-state index is -2.81. The van der Waals surface area contributed by atoms with Crippen LogP contribution in [0.5, 0.6) is 0 Å². The summed E-state index contributed by atoms with van der Waals surface area (Å²) in [6, 6.07) is 0.696. The molecule has 6 heteroatoms. The highest BCUT2D eigenvalue weighted by Gasteiger charge is 2.31. The van der Waals surface area contributed by atoms with Gasteiger partial charge in [-0.1, -0.05) is 0 Å². The molecule has 1 atom stereocenters. The third kappa shape index (κ3) is 2.75. The third-order valence-corrected chi connectivity index (χ3v) is 6.71. The van der Waals surface area contributed by atoms with Crippen LogP contribution in [0.25, 0.3) is 0 Å². The molecule has 3 rings (SSSR count). The zero-order chi connectivity index (χ0) is 12.8. The second-order valence-electron chi connectivity index (χ2n) is 5.32. The van der Waals surface area contributed by atoms with Crippen molar-refractivity contribution in [3.63, 3.8) is 0 Å². The van der Waals surface area contributed by atoms with E-state index in [4.69, 9.17) is 0 Å². The van der Waals surface area contributed by atoms with E-state index >= 15 is 0 Å². The Hall–Kier alpha value is -0.460. The summed E-state index contributed by atoms with van der Waals surface area (Å²) in [6.45, 7) is 2.90. The Morgan fingerprint density at radius 1 is 1.39 bits per heavy atom. The molecule has 1 aromatic heterocycles. The van der Waals surface area contributed by atoms with E-state index in [9.17, 15) is 8.42 Å². The van der Waals surface area contributed by atoms with Crippen molar-refractivity contribution in [2.45, 2.75) is 44.7 Å². The summed E-state index contributed by atoms with van der Waals surface area (Å²) in [5, 5.41) is 4.50. The summed E-state index contributed by atoms with van der Waals surface area (Å²) >= 11 is 1.69. The fraction of sp³-hybridized carbons (Fsp3) is 0.750. The highest BCUT2D eigenvalue weighted by atomic mass is 32.2. The third-order valence-electron chi connectivity index (χ3n) is 3.62. The van der Waals surface area contributed by atoms with Crippen LogP contribution in [0.1, 0.15) is 40.8 Å². The molecule has 1 N–H and O–H groups in total. The maximum atomic E-state index is 11.5. The Labute approximate surface area is 112 Å². The molecule has 100 valence electrons. The van der Waals surface area contributed by atoms with Crippen molar-refractivity contribution < 1.29 is 8.42 Å². The van der Waals surface area contributed by atoms with Crippen molar-refractivity contribution >= 4 is 21.2 Å². The predicted molar refractivity (Wildman–Crippen MR) is 72.7 cm³/mol. The number of hydrogen-bond donors (Lipinski definition) is 1. The molecular formula is C12H18N2O2S2. The van der Waals surface area contributed by atoms with E-state index in [0.29, 0.717) is 11.8 Å². The van der Waals surface area contributed by atoms with E-state index in [1.54, 1.807) is 11.3 Å². The monoisotopic (exact) mass is 286 g/mol. The van der Waals surface area contributed by atoms with Gasteiger partial charge >= 0.3 is 0 Å². The number of hydrogen-bond acceptors (Lipinski definition) is 5. The fourth-order valence-corrected chi connectivity index (χ4v) is 5.31. The zero-order valence-electron chi connectivity index (χ0n) is 10.5. The van der Waals surface area contributed by atoms with Crippen LogP contribution in [-0.2, 0) is 16.4 Å². The summed E-state index contributed by atoms with van der Waals surface area (Å²) in [5.74, 6) is 0.745. The van der Waals surface area contributed by atoms with E-state index in [2.05, 4.69) is 10.3 Å². The second kappa shape index (κ2) is 4.58. The van der Waals surface area contributed by atoms with Crippen LogP contribution < -0.4 is 5.32 Å². The molecule has 0 spiro atoms. The molecule has 4 nitrogen and oxygen atoms in total. The average molecular weight is 286 g/mol. The van der Waals surface area contributed by atoms with Crippen LogP contribution >= 0.6 is 11.3 Å². The summed E-state index contributed by atoms with van der Waals surface area (Å²) < 4.78 is 23.0. The first-order chi connectivity index (χ1) is 8.53. The Bertz CT molecular complexity index is 546. The lowest BCUT2D eigenvalue weighted by molar-refractivity contribution is 0.601. The first kappa shape index (κ1) is 12.6. The molecule has 1 aromatic rings. The van der Waals surface area contributed by atoms with Crippen LogP contribution in [0.15, 0.2) is 0 Å². The van der Waals surface area contributed by atoms with Gasteiger partial charge in [-0.05, 0) is 26.2 Å². The van der Waals surface area contributed by atoms with Crippen LogP contribution in [-0.4, -0.2) is 30.9 Å². The van der Waals surface area contributed by atoms with Crippen molar-refractivity contribution in [1.82, 2.24) is 10.3 Å². The molecule has 1 saturated heterocycles. The van der Waals surface area contributed by atoms with Gasteiger partial charge in [0.1, 0.15) is 0 Å². The maximum Gasteiger partial charge on any atom is 0.151 e. The highest BCUT2D eigenvalue weighted by molar-refractivity contribution is 7.91. The molecule has 1 aliphatic carbocycles. The fourth-order valence-electron chi connectivity index (χ4n) is 2.30. The standard InChI is InChI=1S/C12H18N2O2S2/c1-8-11(6-13-10-2-3-10)17-12(14-8)9-4-5-18(15,16)7-9/h9-10,13H,2-7H2,1H3. The number of aryl methyl sites for hydroxylation is 1. The maximum absolute atomic E-state index is 11.5. The molecule has 0 radical (unpaired) electrons. The minimum Gasteiger partial charge on any atom is -0.309 e. The molecule has 0 bridgehead atoms. The van der Waals surface area contributed by atoms with Crippen molar-refractivity contribution in [2.24, 2.45) is 0 Å². The molecular weight excluding hydrogens is 268 g/mol. The molecule has 1 unspecified atom stereocenters. The number of nitrogens with one attached hydrogen (secondary N) is 1. The van der Waals surface area contributed by atoms with Gasteiger partial charge in [0.25, 0.3) is 0 Å². The van der Waals surface area contributed by atoms with Crippen LogP contribution in [0.4, 0.5) is 0 Å². The average Bonchev–Trinajstić information content (AvgIpc) is 2.96. The number of nitrogens with zero attached hydrogens (tertiary/aromatic N) is 1. The molecule has 1 aliphatic heterocycles. The van der Waals surface area contributed by atoms with Crippen LogP contribution in [0, 0.1) is 6.92 Å². The first-order valence-corrected chi connectivity index (χ1v) is 9.07. The smallest absolute Gasteiger partial charge is 0.151 e. The van der Waals surface area contributed by atoms with Gasteiger partial charge in [-0.15, -0.1) is 11.3 Å². The number of sulfone groups is 1. The van der Waals surface area contributed by atoms with Gasteiger partial charge in [-0.25, -0.2) is 13.4 Å². The largest absolute Gasteiger partial charge is 0.309 e. The first-order valence-electron chi connectivity index (χ1n) is 6.43. The normalized spacial score (nSPS) is 26.6. The lowest BCUT2D eigenvalue weighted by Crippen LogP contribution is -2.14. The molecule has 1 saturated carbocycles. The Kier molecular flexibility index (Phi) is 3.20. The molecule has 18 heavy (non-hydrogen) atoms. The van der Waals surface area contributed by atoms with E-state index in [-0.39, 0.29) is 11.7 Å². The van der Waals surface area contributed by atoms with Crippen molar-refractivity contribution in [2.75, 3.05) is 11.5 Å². The topological polar surface area (TPSA) is 59.1 Å². The predicted octanol–water partition coefficient (Wildman–Crippen LogP) is 1.61. The molecule has 0 aromatic carbocycles. The van der Waals surface area contributed by atoms with E-state index in [1.165, 1.54) is 17.7 Å². The molecule has 0 amide bonds. The van der Waals surface area contributed by atoms with Gasteiger partial charge in [-0.2, -0.15) is 0 Å². The SMILES string of the molecule is Cc1nc(C2CCS(=O)(=O)C2)sc1CNC1CC1. The van der Waals surface area contributed by atoms with Crippen molar-refractivity contribution in [3.05, 3.63) is 15.6 Å². The van der Waals surface area contributed by atoms with Crippen molar-refractivity contribution in [1.29, 1.82) is 0 Å². The molecule has 2 fully saturated rings. The van der Waals surface area contributed by atoms with E-state index in [0.717, 1.165) is 23.7 Å². The van der Waals surface area contributed by atoms with Gasteiger partial charge in [0.05, 0.1) is 22.2 Å². The summed E-state index contributed by atoms with van der Waals surface area (Å²) in [7, 11) is -2.81. The number of aromatic nitrogens is 1. The van der Waals surface area contributed by atoms with Gasteiger partial charge in [0.2, 0.25) is 0 Å². The van der Waals surface area contributed by atoms with Gasteiger partial charge < -0.3 is 5.32 Å². The summed E-state index contributed by atoms with van der Waals surface area (Å²) in [5.41, 5.74) is 1.06. The van der Waals surface area contributed by atoms with Gasteiger partial charge in [0, 0.05) is 23.4 Å². The Balaban J connectivity index is 1.71. The van der Waals surface area contributed by atoms with Crippen LogP contribution in [0.3, 0.4) is 0 Å². The summed E-state index contributed by atoms with van der Waals surface area (Å²) in [4.78, 5) is 5.84. The van der Waals surface area contributed by atoms with E-state index in [1.807, 2.05) is 6.92 Å². The quantitative estimate of drug-likeness (QED) is 0.913.